The molecule has 0 atom stereocenters. The van der Waals surface area contributed by atoms with Gasteiger partial charge in [-0.1, -0.05) is 35.9 Å². The van der Waals surface area contributed by atoms with Gasteiger partial charge in [-0.05, 0) is 24.6 Å². The molecule has 0 aliphatic carbocycles. The maximum atomic E-state index is 12.4. The molecule has 1 N–H and O–H groups in total. The fourth-order valence-electron chi connectivity index (χ4n) is 2.30. The summed E-state index contributed by atoms with van der Waals surface area (Å²) in [4.78, 5) is 12.4. The highest BCUT2D eigenvalue weighted by atomic mass is 35.5. The zero-order chi connectivity index (χ0) is 15.7. The van der Waals surface area contributed by atoms with E-state index < -0.39 is 0 Å². The van der Waals surface area contributed by atoms with E-state index in [1.165, 1.54) is 11.3 Å². The first-order valence-corrected chi connectivity index (χ1v) is 8.16. The minimum absolute atomic E-state index is 0.200. The van der Waals surface area contributed by atoms with Crippen LogP contribution in [0.4, 0.5) is 5.13 Å². The van der Waals surface area contributed by atoms with Crippen LogP contribution >= 0.6 is 22.9 Å². The zero-order valence-electron chi connectivity index (χ0n) is 12.3. The molecule has 1 amide bonds. The van der Waals surface area contributed by atoms with Crippen molar-refractivity contribution in [2.75, 3.05) is 5.32 Å². The van der Waals surface area contributed by atoms with Crippen LogP contribution in [0.5, 0.6) is 0 Å². The lowest BCUT2D eigenvalue weighted by atomic mass is 10.2. The lowest BCUT2D eigenvalue weighted by Gasteiger charge is -2.03. The predicted molar refractivity (Wildman–Crippen MR) is 89.8 cm³/mol. The van der Waals surface area contributed by atoms with Crippen LogP contribution in [0.1, 0.15) is 28.8 Å². The Morgan fingerprint density at radius 1 is 1.36 bits per heavy atom. The van der Waals surface area contributed by atoms with E-state index in [-0.39, 0.29) is 5.91 Å². The Balaban J connectivity index is 1.86. The number of hydrogen-bond donors (Lipinski definition) is 1. The highest BCUT2D eigenvalue weighted by molar-refractivity contribution is 7.15. The molecule has 0 bridgehead atoms. The Morgan fingerprint density at radius 3 is 2.95 bits per heavy atom. The number of benzene rings is 1. The van der Waals surface area contributed by atoms with Gasteiger partial charge in [-0.25, -0.2) is 0 Å². The number of nitrogens with zero attached hydrogens (tertiary/aromatic N) is 3. The lowest BCUT2D eigenvalue weighted by Crippen LogP contribution is -2.15. The Bertz CT molecular complexity index is 839. The third-order valence-corrected chi connectivity index (χ3v) is 4.52. The molecule has 3 aromatic rings. The first-order chi connectivity index (χ1) is 10.6. The number of halogens is 1. The Kier molecular flexibility index (Phi) is 4.13. The number of fused-ring (bicyclic) bond motifs is 1. The summed E-state index contributed by atoms with van der Waals surface area (Å²) in [5.41, 5.74) is 1.48. The average Bonchev–Trinajstić information content (AvgIpc) is 3.05. The predicted octanol–water partition coefficient (Wildman–Crippen LogP) is 3.89. The summed E-state index contributed by atoms with van der Waals surface area (Å²) in [6.45, 7) is 2.08. The second kappa shape index (κ2) is 6.06. The van der Waals surface area contributed by atoms with Crippen molar-refractivity contribution in [2.45, 2.75) is 19.8 Å². The summed E-state index contributed by atoms with van der Waals surface area (Å²) in [5.74, 6) is -0.200. The van der Waals surface area contributed by atoms with Gasteiger partial charge in [-0.3, -0.25) is 10.1 Å². The van der Waals surface area contributed by atoms with Crippen LogP contribution in [0.2, 0.25) is 5.02 Å². The molecule has 0 spiro atoms. The number of aromatic nitrogens is 3. The van der Waals surface area contributed by atoms with Crippen LogP contribution < -0.4 is 5.32 Å². The molecule has 2 aromatic heterocycles. The van der Waals surface area contributed by atoms with Crippen molar-refractivity contribution in [1.82, 2.24) is 14.8 Å². The fraction of sp³-hybridized carbons (Fsp3) is 0.267. The third-order valence-electron chi connectivity index (χ3n) is 3.39. The number of anilines is 1. The number of aryl methyl sites for hydroxylation is 2. The van der Waals surface area contributed by atoms with E-state index in [0.29, 0.717) is 15.8 Å². The smallest absolute Gasteiger partial charge is 0.274 e. The molecule has 0 radical (unpaired) electrons. The number of hydrogen-bond acceptors (Lipinski definition) is 4. The maximum absolute atomic E-state index is 12.4. The van der Waals surface area contributed by atoms with E-state index in [1.807, 2.05) is 35.9 Å². The van der Waals surface area contributed by atoms with E-state index >= 15 is 0 Å². The van der Waals surface area contributed by atoms with Gasteiger partial charge in [0.1, 0.15) is 10.7 Å². The van der Waals surface area contributed by atoms with Crippen LogP contribution in [0.3, 0.4) is 0 Å². The van der Waals surface area contributed by atoms with Crippen molar-refractivity contribution in [3.8, 4) is 0 Å². The molecule has 7 heteroatoms. The molecule has 3 rings (SSSR count). The van der Waals surface area contributed by atoms with Crippen molar-refractivity contribution in [3.05, 3.63) is 40.0 Å². The Labute approximate surface area is 136 Å². The lowest BCUT2D eigenvalue weighted by molar-refractivity contribution is 0.101. The number of carbonyl (C=O) groups is 1. The Hall–Kier alpha value is -1.92. The van der Waals surface area contributed by atoms with E-state index in [0.717, 1.165) is 28.8 Å². The fourth-order valence-corrected chi connectivity index (χ4v) is 3.30. The molecule has 114 valence electrons. The summed E-state index contributed by atoms with van der Waals surface area (Å²) < 4.78 is 1.82. The van der Waals surface area contributed by atoms with Gasteiger partial charge in [-0.15, -0.1) is 10.2 Å². The number of nitrogens with one attached hydrogen (secondary N) is 1. The molecule has 5 nitrogen and oxygen atoms in total. The van der Waals surface area contributed by atoms with Crippen LogP contribution in [-0.4, -0.2) is 20.7 Å². The molecular formula is C15H15ClN4OS. The molecular weight excluding hydrogens is 320 g/mol. The van der Waals surface area contributed by atoms with Gasteiger partial charge < -0.3 is 4.57 Å². The summed E-state index contributed by atoms with van der Waals surface area (Å²) in [6.07, 6.45) is 1.88. The SMILES string of the molecule is CCCc1nnc(NC(=O)c2cc3ccc(Cl)cc3n2C)s1. The minimum atomic E-state index is -0.200. The van der Waals surface area contributed by atoms with Crippen molar-refractivity contribution in [1.29, 1.82) is 0 Å². The van der Waals surface area contributed by atoms with Gasteiger partial charge in [0, 0.05) is 29.4 Å². The highest BCUT2D eigenvalue weighted by Gasteiger charge is 2.15. The van der Waals surface area contributed by atoms with Crippen LogP contribution in [0.15, 0.2) is 24.3 Å². The molecule has 0 saturated heterocycles. The minimum Gasteiger partial charge on any atom is -0.340 e. The van der Waals surface area contributed by atoms with Crippen molar-refractivity contribution in [3.63, 3.8) is 0 Å². The molecule has 0 saturated carbocycles. The molecule has 1 aromatic carbocycles. The van der Waals surface area contributed by atoms with Crippen LogP contribution in [-0.2, 0) is 13.5 Å². The standard InChI is InChI=1S/C15H15ClN4OS/c1-3-4-13-18-19-15(22-13)17-14(21)12-7-9-5-6-10(16)8-11(9)20(12)2/h5-8H,3-4H2,1-2H3,(H,17,19,21). The van der Waals surface area contributed by atoms with Gasteiger partial charge in [0.05, 0.1) is 0 Å². The van der Waals surface area contributed by atoms with Gasteiger partial charge in [0.15, 0.2) is 0 Å². The van der Waals surface area contributed by atoms with E-state index in [2.05, 4.69) is 22.4 Å². The summed E-state index contributed by atoms with van der Waals surface area (Å²) in [6, 6.07) is 7.40. The van der Waals surface area contributed by atoms with Crippen molar-refractivity contribution in [2.24, 2.45) is 7.05 Å². The quantitative estimate of drug-likeness (QED) is 0.787. The first-order valence-electron chi connectivity index (χ1n) is 6.97. The van der Waals surface area contributed by atoms with Gasteiger partial charge >= 0.3 is 0 Å². The molecule has 22 heavy (non-hydrogen) atoms. The summed E-state index contributed by atoms with van der Waals surface area (Å²) >= 11 is 7.42. The highest BCUT2D eigenvalue weighted by Crippen LogP contribution is 2.24. The van der Waals surface area contributed by atoms with Gasteiger partial charge in [0.25, 0.3) is 5.91 Å². The molecule has 0 aliphatic rings. The Morgan fingerprint density at radius 2 is 2.18 bits per heavy atom. The topological polar surface area (TPSA) is 59.8 Å². The molecule has 2 heterocycles. The monoisotopic (exact) mass is 334 g/mol. The summed E-state index contributed by atoms with van der Waals surface area (Å²) in [5, 5.41) is 13.9. The van der Waals surface area contributed by atoms with Crippen LogP contribution in [0, 0.1) is 0 Å². The van der Waals surface area contributed by atoms with Crippen LogP contribution in [0.25, 0.3) is 10.9 Å². The van der Waals surface area contributed by atoms with E-state index in [9.17, 15) is 4.79 Å². The maximum Gasteiger partial charge on any atom is 0.274 e. The van der Waals surface area contributed by atoms with Gasteiger partial charge in [0.2, 0.25) is 5.13 Å². The number of rotatable bonds is 4. The average molecular weight is 335 g/mol. The van der Waals surface area contributed by atoms with Crippen molar-refractivity contribution >= 4 is 44.9 Å². The number of carbonyl (C=O) groups excluding carboxylic acids is 1. The van der Waals surface area contributed by atoms with Crippen molar-refractivity contribution < 1.29 is 4.79 Å². The molecule has 0 fully saturated rings. The zero-order valence-corrected chi connectivity index (χ0v) is 13.8. The largest absolute Gasteiger partial charge is 0.340 e. The first kappa shape index (κ1) is 15.0. The normalized spacial score (nSPS) is 11.0. The second-order valence-corrected chi connectivity index (χ2v) is 6.50. The second-order valence-electron chi connectivity index (χ2n) is 5.00. The third kappa shape index (κ3) is 2.84. The van der Waals surface area contributed by atoms with Gasteiger partial charge in [-0.2, -0.15) is 0 Å². The van der Waals surface area contributed by atoms with E-state index in [4.69, 9.17) is 11.6 Å². The molecule has 0 unspecified atom stereocenters. The van der Waals surface area contributed by atoms with E-state index in [1.54, 1.807) is 0 Å². The molecule has 0 aliphatic heterocycles. The summed E-state index contributed by atoms with van der Waals surface area (Å²) in [7, 11) is 1.84. The number of amides is 1.